The van der Waals surface area contributed by atoms with Crippen LogP contribution in [0.1, 0.15) is 27.0 Å². The fourth-order valence-electron chi connectivity index (χ4n) is 3.12. The number of hydrogen-bond donors (Lipinski definition) is 1. The lowest BCUT2D eigenvalue weighted by Crippen LogP contribution is -2.18. The maximum atomic E-state index is 12.5. The van der Waals surface area contributed by atoms with E-state index in [-0.39, 0.29) is 5.91 Å². The normalized spacial score (nSPS) is 10.9. The Bertz CT molecular complexity index is 1220. The largest absolute Gasteiger partial charge is 0.488 e. The van der Waals surface area contributed by atoms with E-state index in [4.69, 9.17) is 4.74 Å². The fraction of sp³-hybridized carbons (Fsp3) is 0.0800. The molecule has 0 radical (unpaired) electrons. The average molecular weight is 489 g/mol. The third kappa shape index (κ3) is 5.92. The van der Waals surface area contributed by atoms with E-state index < -0.39 is 0 Å². The Kier molecular flexibility index (Phi) is 7.09. The van der Waals surface area contributed by atoms with Crippen molar-refractivity contribution in [3.05, 3.63) is 118 Å². The zero-order valence-corrected chi connectivity index (χ0v) is 18.8. The summed E-state index contributed by atoms with van der Waals surface area (Å²) in [6, 6.07) is 24.8. The second-order valence-electron chi connectivity index (χ2n) is 7.06. The van der Waals surface area contributed by atoms with Gasteiger partial charge in [-0.1, -0.05) is 52.3 Å². The number of nitrogens with zero attached hydrogens (tertiary/aromatic N) is 3. The van der Waals surface area contributed by atoms with Gasteiger partial charge in [0.1, 0.15) is 12.4 Å². The van der Waals surface area contributed by atoms with Crippen LogP contribution in [-0.2, 0) is 13.2 Å². The van der Waals surface area contributed by atoms with Gasteiger partial charge in [-0.15, -0.1) is 0 Å². The van der Waals surface area contributed by atoms with E-state index in [2.05, 4.69) is 31.6 Å². The summed E-state index contributed by atoms with van der Waals surface area (Å²) < 4.78 is 8.76. The molecule has 0 unspecified atom stereocenters. The first kappa shape index (κ1) is 21.5. The van der Waals surface area contributed by atoms with Crippen LogP contribution in [0.2, 0.25) is 0 Å². The van der Waals surface area contributed by atoms with Crippen LogP contribution < -0.4 is 10.2 Å². The highest BCUT2D eigenvalue weighted by molar-refractivity contribution is 9.10. The van der Waals surface area contributed by atoms with Crippen LogP contribution in [0.5, 0.6) is 5.75 Å². The molecule has 0 aliphatic rings. The van der Waals surface area contributed by atoms with Crippen LogP contribution in [-0.4, -0.2) is 21.9 Å². The summed E-state index contributed by atoms with van der Waals surface area (Å²) in [5.41, 5.74) is 5.93. The lowest BCUT2D eigenvalue weighted by atomic mass is 10.1. The molecule has 7 heteroatoms. The van der Waals surface area contributed by atoms with E-state index in [0.29, 0.717) is 24.5 Å². The molecule has 0 aliphatic heterocycles. The summed E-state index contributed by atoms with van der Waals surface area (Å²) in [5.74, 6) is 0.405. The Morgan fingerprint density at radius 1 is 1.03 bits per heavy atom. The molecule has 1 amide bonds. The van der Waals surface area contributed by atoms with E-state index in [1.807, 2.05) is 79.0 Å². The molecule has 0 spiro atoms. The molecule has 4 aromatic rings. The first-order chi connectivity index (χ1) is 15.7. The molecule has 32 heavy (non-hydrogen) atoms. The van der Waals surface area contributed by atoms with Gasteiger partial charge in [-0.2, -0.15) is 10.2 Å². The number of nitrogens with one attached hydrogen (secondary N) is 1. The average Bonchev–Trinajstić information content (AvgIpc) is 3.31. The standard InChI is InChI=1S/C25H21BrN4O2/c26-23-10-4-7-20(15-23)18-32-24-11-2-1-8-22(24)16-27-29-25(31)21-9-3-6-19(14-21)17-30-13-5-12-28-30/h1-16H,17-18H2,(H,29,31). The Morgan fingerprint density at radius 2 is 1.88 bits per heavy atom. The number of aromatic nitrogens is 2. The number of amides is 1. The maximum Gasteiger partial charge on any atom is 0.271 e. The van der Waals surface area contributed by atoms with Crippen molar-refractivity contribution in [2.24, 2.45) is 5.10 Å². The molecule has 0 aliphatic carbocycles. The SMILES string of the molecule is O=C(NN=Cc1ccccc1OCc1cccc(Br)c1)c1cccc(Cn2cccn2)c1. The molecule has 0 bridgehead atoms. The van der Waals surface area contributed by atoms with Gasteiger partial charge in [0.2, 0.25) is 0 Å². The first-order valence-corrected chi connectivity index (χ1v) is 10.8. The summed E-state index contributed by atoms with van der Waals surface area (Å²) in [6.07, 6.45) is 5.19. The van der Waals surface area contributed by atoms with E-state index in [9.17, 15) is 4.79 Å². The van der Waals surface area contributed by atoms with Gasteiger partial charge < -0.3 is 4.74 Å². The molecule has 0 saturated heterocycles. The molecule has 0 fully saturated rings. The van der Waals surface area contributed by atoms with Crippen molar-refractivity contribution in [1.82, 2.24) is 15.2 Å². The molecule has 0 atom stereocenters. The molecular formula is C25H21BrN4O2. The van der Waals surface area contributed by atoms with Crippen molar-refractivity contribution in [3.63, 3.8) is 0 Å². The highest BCUT2D eigenvalue weighted by Crippen LogP contribution is 2.19. The minimum Gasteiger partial charge on any atom is -0.488 e. The minimum atomic E-state index is -0.281. The first-order valence-electron chi connectivity index (χ1n) is 10.0. The molecule has 0 saturated carbocycles. The van der Waals surface area contributed by atoms with Gasteiger partial charge in [-0.05, 0) is 53.6 Å². The lowest BCUT2D eigenvalue weighted by Gasteiger charge is -2.09. The van der Waals surface area contributed by atoms with Gasteiger partial charge in [-0.3, -0.25) is 9.48 Å². The van der Waals surface area contributed by atoms with Crippen molar-refractivity contribution in [1.29, 1.82) is 0 Å². The molecular weight excluding hydrogens is 468 g/mol. The van der Waals surface area contributed by atoms with E-state index in [0.717, 1.165) is 21.2 Å². The number of para-hydroxylation sites is 1. The Balaban J connectivity index is 1.38. The molecule has 160 valence electrons. The zero-order valence-electron chi connectivity index (χ0n) is 17.2. The Labute approximate surface area is 194 Å². The predicted octanol–water partition coefficient (Wildman–Crippen LogP) is 5.04. The summed E-state index contributed by atoms with van der Waals surface area (Å²) in [6.45, 7) is 1.03. The number of benzene rings is 3. The van der Waals surface area contributed by atoms with Crippen LogP contribution >= 0.6 is 15.9 Å². The van der Waals surface area contributed by atoms with Crippen LogP contribution in [0.3, 0.4) is 0 Å². The highest BCUT2D eigenvalue weighted by Gasteiger charge is 2.06. The van der Waals surface area contributed by atoms with Crippen molar-refractivity contribution >= 4 is 28.1 Å². The molecule has 6 nitrogen and oxygen atoms in total. The quantitative estimate of drug-likeness (QED) is 0.279. The third-order valence-electron chi connectivity index (χ3n) is 4.67. The molecule has 1 N–H and O–H groups in total. The van der Waals surface area contributed by atoms with Gasteiger partial charge in [0.15, 0.2) is 0 Å². The Morgan fingerprint density at radius 3 is 2.72 bits per heavy atom. The summed E-state index contributed by atoms with van der Waals surface area (Å²) in [5, 5.41) is 8.32. The van der Waals surface area contributed by atoms with Gasteiger partial charge in [0.25, 0.3) is 5.91 Å². The number of hydrazone groups is 1. The van der Waals surface area contributed by atoms with Gasteiger partial charge in [-0.25, -0.2) is 5.43 Å². The van der Waals surface area contributed by atoms with Crippen molar-refractivity contribution in [2.75, 3.05) is 0 Å². The highest BCUT2D eigenvalue weighted by atomic mass is 79.9. The number of hydrogen-bond acceptors (Lipinski definition) is 4. The maximum absolute atomic E-state index is 12.5. The zero-order chi connectivity index (χ0) is 22.2. The van der Waals surface area contributed by atoms with E-state index in [1.165, 1.54) is 0 Å². The summed E-state index contributed by atoms with van der Waals surface area (Å²) >= 11 is 3.47. The monoisotopic (exact) mass is 488 g/mol. The van der Waals surface area contributed by atoms with Crippen molar-refractivity contribution in [2.45, 2.75) is 13.2 Å². The number of ether oxygens (including phenoxy) is 1. The van der Waals surface area contributed by atoms with Crippen molar-refractivity contribution in [3.8, 4) is 5.75 Å². The van der Waals surface area contributed by atoms with E-state index >= 15 is 0 Å². The molecule has 3 aromatic carbocycles. The second kappa shape index (κ2) is 10.5. The van der Waals surface area contributed by atoms with Gasteiger partial charge in [0, 0.05) is 28.0 Å². The van der Waals surface area contributed by atoms with Crippen molar-refractivity contribution < 1.29 is 9.53 Å². The third-order valence-corrected chi connectivity index (χ3v) is 5.16. The van der Waals surface area contributed by atoms with Crippen LogP contribution in [0.25, 0.3) is 0 Å². The lowest BCUT2D eigenvalue weighted by molar-refractivity contribution is 0.0955. The second-order valence-corrected chi connectivity index (χ2v) is 7.98. The minimum absolute atomic E-state index is 0.281. The van der Waals surface area contributed by atoms with Gasteiger partial charge in [0.05, 0.1) is 12.8 Å². The Hall–Kier alpha value is -3.71. The smallest absolute Gasteiger partial charge is 0.271 e. The van der Waals surface area contributed by atoms with Crippen LogP contribution in [0.15, 0.2) is 101 Å². The summed E-state index contributed by atoms with van der Waals surface area (Å²) in [7, 11) is 0. The summed E-state index contributed by atoms with van der Waals surface area (Å²) in [4.78, 5) is 12.5. The predicted molar refractivity (Wildman–Crippen MR) is 128 cm³/mol. The molecule has 1 heterocycles. The number of carbonyl (C=O) groups is 1. The number of halogens is 1. The number of rotatable bonds is 8. The van der Waals surface area contributed by atoms with Gasteiger partial charge >= 0.3 is 0 Å². The topological polar surface area (TPSA) is 68.5 Å². The molecule has 4 rings (SSSR count). The molecule has 1 aromatic heterocycles. The number of carbonyl (C=O) groups excluding carboxylic acids is 1. The van der Waals surface area contributed by atoms with Crippen LogP contribution in [0, 0.1) is 0 Å². The van der Waals surface area contributed by atoms with E-state index in [1.54, 1.807) is 23.2 Å². The van der Waals surface area contributed by atoms with Crippen LogP contribution in [0.4, 0.5) is 0 Å². The fourth-order valence-corrected chi connectivity index (χ4v) is 3.57.